The molecule has 1 aromatic rings. The normalized spacial score (nSPS) is 13.9. The Balaban J connectivity index is 2.55. The Bertz CT molecular complexity index is 366. The molecule has 0 aliphatic carbocycles. The van der Waals surface area contributed by atoms with Crippen LogP contribution < -0.4 is 0 Å². The SMILES string of the molecule is CC(C(=O)O)C(OCc1ccccc1)SC=O. The lowest BCUT2D eigenvalue weighted by Crippen LogP contribution is -2.25. The highest BCUT2D eigenvalue weighted by Gasteiger charge is 2.24. The molecule has 0 radical (unpaired) electrons. The van der Waals surface area contributed by atoms with Crippen LogP contribution in [0.4, 0.5) is 0 Å². The van der Waals surface area contributed by atoms with Crippen LogP contribution in [-0.2, 0) is 20.9 Å². The van der Waals surface area contributed by atoms with E-state index in [4.69, 9.17) is 9.84 Å². The number of benzene rings is 1. The molecule has 0 spiro atoms. The maximum atomic E-state index is 10.8. The van der Waals surface area contributed by atoms with Crippen molar-refractivity contribution in [3.05, 3.63) is 35.9 Å². The Hall–Kier alpha value is -1.33. The summed E-state index contributed by atoms with van der Waals surface area (Å²) in [7, 11) is 0. The number of hydrogen-bond acceptors (Lipinski definition) is 4. The van der Waals surface area contributed by atoms with Crippen LogP contribution in [0.3, 0.4) is 0 Å². The highest BCUT2D eigenvalue weighted by atomic mass is 32.2. The third kappa shape index (κ3) is 4.58. The molecule has 2 atom stereocenters. The maximum absolute atomic E-state index is 10.8. The second kappa shape index (κ2) is 7.09. The Morgan fingerprint density at radius 3 is 2.65 bits per heavy atom. The van der Waals surface area contributed by atoms with Crippen LogP contribution in [0.15, 0.2) is 30.3 Å². The minimum absolute atomic E-state index is 0.296. The molecule has 1 aromatic carbocycles. The maximum Gasteiger partial charge on any atom is 0.309 e. The van der Waals surface area contributed by atoms with Crippen LogP contribution in [0.1, 0.15) is 12.5 Å². The fraction of sp³-hybridized carbons (Fsp3) is 0.333. The topological polar surface area (TPSA) is 63.6 Å². The predicted molar refractivity (Wildman–Crippen MR) is 66.2 cm³/mol. The van der Waals surface area contributed by atoms with Gasteiger partial charge in [0, 0.05) is 0 Å². The van der Waals surface area contributed by atoms with Gasteiger partial charge in [0.2, 0.25) is 0 Å². The van der Waals surface area contributed by atoms with E-state index < -0.39 is 17.3 Å². The zero-order chi connectivity index (χ0) is 12.7. The quantitative estimate of drug-likeness (QED) is 0.597. The number of ether oxygens (including phenoxy) is 1. The lowest BCUT2D eigenvalue weighted by molar-refractivity contribution is -0.144. The van der Waals surface area contributed by atoms with Crippen molar-refractivity contribution in [2.45, 2.75) is 19.0 Å². The largest absolute Gasteiger partial charge is 0.481 e. The lowest BCUT2D eigenvalue weighted by Gasteiger charge is -2.18. The third-order valence-electron chi connectivity index (χ3n) is 2.24. The Morgan fingerprint density at radius 2 is 2.12 bits per heavy atom. The van der Waals surface area contributed by atoms with Crippen molar-refractivity contribution >= 4 is 23.3 Å². The molecule has 5 heteroatoms. The number of aliphatic carboxylic acids is 1. The van der Waals surface area contributed by atoms with Gasteiger partial charge in [0.05, 0.1) is 12.5 Å². The second-order valence-electron chi connectivity index (χ2n) is 3.52. The van der Waals surface area contributed by atoms with Crippen molar-refractivity contribution in [1.82, 2.24) is 0 Å². The standard InChI is InChI=1S/C12H14O4S/c1-9(11(14)15)12(17-8-13)16-7-10-5-3-2-4-6-10/h2-6,8-9,12H,7H2,1H3,(H,14,15). The molecule has 0 aliphatic heterocycles. The van der Waals surface area contributed by atoms with Crippen LogP contribution in [0.5, 0.6) is 0 Å². The molecular weight excluding hydrogens is 240 g/mol. The van der Waals surface area contributed by atoms with Gasteiger partial charge >= 0.3 is 5.97 Å². The summed E-state index contributed by atoms with van der Waals surface area (Å²) in [5.41, 5.74) is 0.890. The zero-order valence-corrected chi connectivity index (χ0v) is 10.2. The van der Waals surface area contributed by atoms with Gasteiger partial charge in [-0.2, -0.15) is 0 Å². The first-order valence-electron chi connectivity index (χ1n) is 5.12. The van der Waals surface area contributed by atoms with Crippen molar-refractivity contribution in [2.75, 3.05) is 0 Å². The van der Waals surface area contributed by atoms with Crippen LogP contribution >= 0.6 is 11.8 Å². The third-order valence-corrected chi connectivity index (χ3v) is 3.17. The summed E-state index contributed by atoms with van der Waals surface area (Å²) in [6.45, 7) is 1.82. The number of hydrogen-bond donors (Lipinski definition) is 1. The van der Waals surface area contributed by atoms with E-state index in [-0.39, 0.29) is 0 Å². The van der Waals surface area contributed by atoms with Crippen molar-refractivity contribution < 1.29 is 19.4 Å². The van der Waals surface area contributed by atoms with E-state index in [0.717, 1.165) is 17.3 Å². The molecule has 0 fully saturated rings. The van der Waals surface area contributed by atoms with Gasteiger partial charge in [-0.25, -0.2) is 0 Å². The van der Waals surface area contributed by atoms with Gasteiger partial charge in [0.15, 0.2) is 5.62 Å². The first kappa shape index (κ1) is 13.7. The number of thioether (sulfide) groups is 1. The first-order valence-corrected chi connectivity index (χ1v) is 6.07. The summed E-state index contributed by atoms with van der Waals surface area (Å²) in [5.74, 6) is -1.70. The van der Waals surface area contributed by atoms with Crippen molar-refractivity contribution in [2.24, 2.45) is 5.92 Å². The van der Waals surface area contributed by atoms with Crippen molar-refractivity contribution in [1.29, 1.82) is 0 Å². The Morgan fingerprint density at radius 1 is 1.47 bits per heavy atom. The average Bonchev–Trinajstić information content (AvgIpc) is 2.34. The van der Waals surface area contributed by atoms with E-state index in [0.29, 0.717) is 12.2 Å². The fourth-order valence-corrected chi connectivity index (χ4v) is 1.83. The van der Waals surface area contributed by atoms with E-state index in [1.165, 1.54) is 6.92 Å². The molecule has 0 aliphatic rings. The number of carboxylic acids is 1. The van der Waals surface area contributed by atoms with Crippen molar-refractivity contribution in [3.63, 3.8) is 0 Å². The number of carbonyl (C=O) groups excluding carboxylic acids is 1. The molecule has 0 aromatic heterocycles. The average molecular weight is 254 g/mol. The smallest absolute Gasteiger partial charge is 0.309 e. The molecule has 0 saturated carbocycles. The fourth-order valence-electron chi connectivity index (χ4n) is 1.23. The van der Waals surface area contributed by atoms with Gasteiger partial charge in [-0.3, -0.25) is 9.59 Å². The molecule has 92 valence electrons. The van der Waals surface area contributed by atoms with Gasteiger partial charge in [-0.1, -0.05) is 42.1 Å². The summed E-state index contributed by atoms with van der Waals surface area (Å²) in [6, 6.07) is 9.41. The molecule has 0 bridgehead atoms. The summed E-state index contributed by atoms with van der Waals surface area (Å²) in [5, 5.41) is 8.87. The van der Waals surface area contributed by atoms with E-state index in [1.54, 1.807) is 0 Å². The summed E-state index contributed by atoms with van der Waals surface area (Å²) in [4.78, 5) is 21.3. The van der Waals surface area contributed by atoms with Crippen LogP contribution in [0.2, 0.25) is 0 Å². The molecule has 1 rings (SSSR count). The lowest BCUT2D eigenvalue weighted by atomic mass is 10.2. The number of carboxylic acid groups (broad SMARTS) is 1. The highest BCUT2D eigenvalue weighted by Crippen LogP contribution is 2.20. The number of rotatable bonds is 7. The first-order chi connectivity index (χ1) is 8.15. The van der Waals surface area contributed by atoms with Crippen LogP contribution in [0.25, 0.3) is 0 Å². The van der Waals surface area contributed by atoms with Gasteiger partial charge < -0.3 is 9.84 Å². The molecular formula is C12H14O4S. The van der Waals surface area contributed by atoms with Gasteiger partial charge in [0.25, 0.3) is 0 Å². The van der Waals surface area contributed by atoms with Crippen LogP contribution in [0, 0.1) is 5.92 Å². The monoisotopic (exact) mass is 254 g/mol. The minimum atomic E-state index is -0.975. The molecule has 2 unspecified atom stereocenters. The van der Waals surface area contributed by atoms with E-state index in [9.17, 15) is 9.59 Å². The molecule has 0 saturated heterocycles. The molecule has 4 nitrogen and oxygen atoms in total. The summed E-state index contributed by atoms with van der Waals surface area (Å²) in [6.07, 6.45) is 0. The highest BCUT2D eigenvalue weighted by molar-refractivity contribution is 8.12. The second-order valence-corrected chi connectivity index (χ2v) is 4.45. The molecule has 1 N–H and O–H groups in total. The molecule has 0 amide bonds. The Kier molecular flexibility index (Phi) is 5.72. The Labute approximate surface area is 104 Å². The zero-order valence-electron chi connectivity index (χ0n) is 9.41. The van der Waals surface area contributed by atoms with E-state index in [2.05, 4.69) is 0 Å². The molecule has 0 heterocycles. The molecule has 17 heavy (non-hydrogen) atoms. The minimum Gasteiger partial charge on any atom is -0.481 e. The van der Waals surface area contributed by atoms with Gasteiger partial charge in [0.1, 0.15) is 5.44 Å². The van der Waals surface area contributed by atoms with Gasteiger partial charge in [-0.15, -0.1) is 0 Å². The predicted octanol–water partition coefficient (Wildman–Crippen LogP) is 2.17. The van der Waals surface area contributed by atoms with E-state index in [1.807, 2.05) is 30.3 Å². The summed E-state index contributed by atoms with van der Waals surface area (Å²) < 4.78 is 5.44. The van der Waals surface area contributed by atoms with Crippen LogP contribution in [-0.4, -0.2) is 22.1 Å². The van der Waals surface area contributed by atoms with E-state index >= 15 is 0 Å². The number of carbonyl (C=O) groups is 2. The van der Waals surface area contributed by atoms with Gasteiger partial charge in [-0.05, 0) is 12.5 Å². The van der Waals surface area contributed by atoms with Crippen molar-refractivity contribution in [3.8, 4) is 0 Å². The summed E-state index contributed by atoms with van der Waals surface area (Å²) >= 11 is 0.848.